The van der Waals surface area contributed by atoms with Gasteiger partial charge in [-0.05, 0) is 43.7 Å². The van der Waals surface area contributed by atoms with Gasteiger partial charge in [-0.1, -0.05) is 23.9 Å². The van der Waals surface area contributed by atoms with Crippen molar-refractivity contribution in [1.82, 2.24) is 10.2 Å². The fraction of sp³-hybridized carbons (Fsp3) is 0.222. The average Bonchev–Trinajstić information content (AvgIpc) is 3.11. The number of ether oxygens (including phenoxy) is 1. The van der Waals surface area contributed by atoms with E-state index in [1.54, 1.807) is 12.1 Å². The molecule has 0 spiro atoms. The molecule has 0 fully saturated rings. The first-order chi connectivity index (χ1) is 12.6. The van der Waals surface area contributed by atoms with E-state index in [1.807, 2.05) is 44.2 Å². The van der Waals surface area contributed by atoms with Crippen LogP contribution < -0.4 is 4.74 Å². The number of hydrogen-bond acceptors (Lipinski definition) is 7. The lowest BCUT2D eigenvalue weighted by Crippen LogP contribution is -1.92. The van der Waals surface area contributed by atoms with Crippen molar-refractivity contribution in [3.8, 4) is 17.2 Å². The van der Waals surface area contributed by atoms with E-state index in [1.165, 1.54) is 17.8 Å². The van der Waals surface area contributed by atoms with Crippen molar-refractivity contribution in [2.75, 3.05) is 6.61 Å². The standard InChI is InChI=1S/C18H17N3O4S/c1-3-24-16-9-7-13(8-10-16)17-19-20-18(25-17)26-12(2)14-5-4-6-15(11-14)21(22)23/h4-12H,3H2,1-2H3/t12-/m1/s1. The largest absolute Gasteiger partial charge is 0.494 e. The molecule has 0 aliphatic rings. The molecular weight excluding hydrogens is 354 g/mol. The molecule has 0 aliphatic carbocycles. The number of hydrogen-bond donors (Lipinski definition) is 0. The van der Waals surface area contributed by atoms with Crippen LogP contribution in [0.25, 0.3) is 11.5 Å². The second-order valence-electron chi connectivity index (χ2n) is 5.44. The zero-order valence-electron chi connectivity index (χ0n) is 14.3. The molecule has 0 N–H and O–H groups in total. The Morgan fingerprint density at radius 3 is 2.69 bits per heavy atom. The van der Waals surface area contributed by atoms with Crippen LogP contribution in [0, 0.1) is 10.1 Å². The summed E-state index contributed by atoms with van der Waals surface area (Å²) in [6.45, 7) is 4.47. The maximum Gasteiger partial charge on any atom is 0.277 e. The zero-order valence-corrected chi connectivity index (χ0v) is 15.1. The molecule has 3 aromatic rings. The van der Waals surface area contributed by atoms with Crippen LogP contribution >= 0.6 is 11.8 Å². The van der Waals surface area contributed by atoms with Gasteiger partial charge in [-0.15, -0.1) is 10.2 Å². The molecule has 26 heavy (non-hydrogen) atoms. The molecule has 2 aromatic carbocycles. The van der Waals surface area contributed by atoms with Gasteiger partial charge < -0.3 is 9.15 Å². The van der Waals surface area contributed by atoms with Crippen LogP contribution in [-0.4, -0.2) is 21.7 Å². The van der Waals surface area contributed by atoms with Gasteiger partial charge in [0.25, 0.3) is 10.9 Å². The van der Waals surface area contributed by atoms with Gasteiger partial charge in [0.05, 0.1) is 11.5 Å². The Morgan fingerprint density at radius 1 is 1.23 bits per heavy atom. The van der Waals surface area contributed by atoms with Crippen molar-refractivity contribution in [2.45, 2.75) is 24.3 Å². The van der Waals surface area contributed by atoms with Crippen LogP contribution in [0.4, 0.5) is 5.69 Å². The van der Waals surface area contributed by atoms with Gasteiger partial charge in [0.1, 0.15) is 5.75 Å². The molecule has 0 radical (unpaired) electrons. The first-order valence-corrected chi connectivity index (χ1v) is 8.92. The Labute approximate surface area is 154 Å². The van der Waals surface area contributed by atoms with Gasteiger partial charge >= 0.3 is 0 Å². The minimum atomic E-state index is -0.405. The summed E-state index contributed by atoms with van der Waals surface area (Å²) in [4.78, 5) is 10.5. The lowest BCUT2D eigenvalue weighted by atomic mass is 10.1. The summed E-state index contributed by atoms with van der Waals surface area (Å²) in [6.07, 6.45) is 0. The summed E-state index contributed by atoms with van der Waals surface area (Å²) in [5.74, 6) is 1.20. The monoisotopic (exact) mass is 371 g/mol. The van der Waals surface area contributed by atoms with Gasteiger partial charge in [-0.25, -0.2) is 0 Å². The third-order valence-electron chi connectivity index (χ3n) is 3.65. The second kappa shape index (κ2) is 8.01. The molecule has 1 aromatic heterocycles. The fourth-order valence-corrected chi connectivity index (χ4v) is 3.15. The van der Waals surface area contributed by atoms with E-state index in [2.05, 4.69) is 10.2 Å². The summed E-state index contributed by atoms with van der Waals surface area (Å²) in [7, 11) is 0. The number of aromatic nitrogens is 2. The minimum Gasteiger partial charge on any atom is -0.494 e. The SMILES string of the molecule is CCOc1ccc(-c2nnc(S[C@H](C)c3cccc([N+](=O)[O-])c3)o2)cc1. The minimum absolute atomic E-state index is 0.0653. The molecule has 0 amide bonds. The topological polar surface area (TPSA) is 91.3 Å². The molecule has 0 aliphatic heterocycles. The van der Waals surface area contributed by atoms with E-state index in [0.717, 1.165) is 16.9 Å². The number of nitro benzene ring substituents is 1. The predicted molar refractivity (Wildman–Crippen MR) is 98.3 cm³/mol. The van der Waals surface area contributed by atoms with Crippen molar-refractivity contribution < 1.29 is 14.1 Å². The molecular formula is C18H17N3O4S. The number of non-ortho nitro benzene ring substituents is 1. The summed E-state index contributed by atoms with van der Waals surface area (Å²) in [6, 6.07) is 14.0. The number of thioether (sulfide) groups is 1. The third-order valence-corrected chi connectivity index (χ3v) is 4.64. The quantitative estimate of drug-likeness (QED) is 0.331. The normalized spacial score (nSPS) is 11.9. The summed E-state index contributed by atoms with van der Waals surface area (Å²) in [5.41, 5.74) is 1.69. The average molecular weight is 371 g/mol. The lowest BCUT2D eigenvalue weighted by Gasteiger charge is -2.08. The van der Waals surface area contributed by atoms with Gasteiger partial charge in [-0.3, -0.25) is 10.1 Å². The van der Waals surface area contributed by atoms with Gasteiger partial charge in [0.15, 0.2) is 0 Å². The van der Waals surface area contributed by atoms with Crippen molar-refractivity contribution in [1.29, 1.82) is 0 Å². The molecule has 0 saturated heterocycles. The smallest absolute Gasteiger partial charge is 0.277 e. The van der Waals surface area contributed by atoms with Crippen molar-refractivity contribution in [3.63, 3.8) is 0 Å². The molecule has 1 heterocycles. The number of benzene rings is 2. The van der Waals surface area contributed by atoms with Gasteiger partial charge in [0.2, 0.25) is 5.89 Å². The maximum atomic E-state index is 10.9. The van der Waals surface area contributed by atoms with E-state index in [9.17, 15) is 10.1 Å². The molecule has 0 saturated carbocycles. The summed E-state index contributed by atoms with van der Waals surface area (Å²) < 4.78 is 11.1. The molecule has 134 valence electrons. The highest BCUT2D eigenvalue weighted by molar-refractivity contribution is 7.99. The first kappa shape index (κ1) is 17.9. The van der Waals surface area contributed by atoms with E-state index < -0.39 is 4.92 Å². The lowest BCUT2D eigenvalue weighted by molar-refractivity contribution is -0.384. The van der Waals surface area contributed by atoms with Gasteiger partial charge in [0, 0.05) is 22.9 Å². The van der Waals surface area contributed by atoms with E-state index in [-0.39, 0.29) is 10.9 Å². The predicted octanol–water partition coefficient (Wildman–Crippen LogP) is 4.90. The first-order valence-electron chi connectivity index (χ1n) is 8.04. The molecule has 1 atom stereocenters. The molecule has 3 rings (SSSR count). The van der Waals surface area contributed by atoms with Crippen LogP contribution in [0.5, 0.6) is 5.75 Å². The van der Waals surface area contributed by atoms with E-state index in [4.69, 9.17) is 9.15 Å². The molecule has 0 unspecified atom stereocenters. The highest BCUT2D eigenvalue weighted by Gasteiger charge is 2.16. The van der Waals surface area contributed by atoms with Crippen molar-refractivity contribution in [3.05, 3.63) is 64.2 Å². The Kier molecular flexibility index (Phi) is 5.52. The Balaban J connectivity index is 1.71. The second-order valence-corrected chi connectivity index (χ2v) is 6.73. The molecule has 8 heteroatoms. The van der Waals surface area contributed by atoms with Crippen LogP contribution in [0.1, 0.15) is 24.7 Å². The zero-order chi connectivity index (χ0) is 18.5. The maximum absolute atomic E-state index is 10.9. The van der Waals surface area contributed by atoms with Crippen LogP contribution in [0.3, 0.4) is 0 Å². The number of rotatable bonds is 7. The highest BCUT2D eigenvalue weighted by Crippen LogP contribution is 2.36. The van der Waals surface area contributed by atoms with Crippen molar-refractivity contribution in [2.24, 2.45) is 0 Å². The van der Waals surface area contributed by atoms with Crippen LogP contribution in [0.2, 0.25) is 0 Å². The van der Waals surface area contributed by atoms with Crippen molar-refractivity contribution >= 4 is 17.4 Å². The highest BCUT2D eigenvalue weighted by atomic mass is 32.2. The summed E-state index contributed by atoms with van der Waals surface area (Å²) in [5, 5.41) is 19.4. The number of nitro groups is 1. The molecule has 0 bridgehead atoms. The molecule has 7 nitrogen and oxygen atoms in total. The van der Waals surface area contributed by atoms with E-state index in [0.29, 0.717) is 17.7 Å². The van der Waals surface area contributed by atoms with Crippen LogP contribution in [-0.2, 0) is 0 Å². The van der Waals surface area contributed by atoms with Crippen LogP contribution in [0.15, 0.2) is 58.2 Å². The van der Waals surface area contributed by atoms with Gasteiger partial charge in [-0.2, -0.15) is 0 Å². The number of nitrogens with zero attached hydrogens (tertiary/aromatic N) is 3. The Morgan fingerprint density at radius 2 is 2.00 bits per heavy atom. The fourth-order valence-electron chi connectivity index (χ4n) is 2.34. The Hall–Kier alpha value is -2.87. The Bertz CT molecular complexity index is 895. The third kappa shape index (κ3) is 4.20. The van der Waals surface area contributed by atoms with E-state index >= 15 is 0 Å². The summed E-state index contributed by atoms with van der Waals surface area (Å²) >= 11 is 1.36.